The van der Waals surface area contributed by atoms with Gasteiger partial charge in [0, 0.05) is 12.2 Å². The standard InChI is InChI=1S/C26H26N4O4/c1-18-8-9-19(2)23(14-18)29-25(32)26(33)30-28-16-21-10-12-22(13-11-21)34-17-24(31)27-15-20-6-4-3-5-7-20/h3-14,16H,15,17H2,1-2H3,(H,27,31)(H,29,32)(H,30,33)/b28-16-. The number of benzene rings is 3. The second-order valence-electron chi connectivity index (χ2n) is 7.59. The van der Waals surface area contributed by atoms with E-state index in [1.807, 2.05) is 56.3 Å². The average molecular weight is 459 g/mol. The summed E-state index contributed by atoms with van der Waals surface area (Å²) >= 11 is 0. The van der Waals surface area contributed by atoms with Crippen LogP contribution in [0.5, 0.6) is 5.75 Å². The fraction of sp³-hybridized carbons (Fsp3) is 0.154. The largest absolute Gasteiger partial charge is 0.484 e. The fourth-order valence-electron chi connectivity index (χ4n) is 2.91. The molecule has 0 saturated heterocycles. The summed E-state index contributed by atoms with van der Waals surface area (Å²) in [6.45, 7) is 4.07. The molecule has 8 nitrogen and oxygen atoms in total. The summed E-state index contributed by atoms with van der Waals surface area (Å²) < 4.78 is 5.48. The summed E-state index contributed by atoms with van der Waals surface area (Å²) in [5, 5.41) is 9.18. The van der Waals surface area contributed by atoms with Crippen LogP contribution in [-0.4, -0.2) is 30.5 Å². The van der Waals surface area contributed by atoms with Gasteiger partial charge in [0.05, 0.1) is 6.21 Å². The van der Waals surface area contributed by atoms with Gasteiger partial charge in [-0.25, -0.2) is 5.43 Å². The second kappa shape index (κ2) is 12.0. The van der Waals surface area contributed by atoms with E-state index in [2.05, 4.69) is 21.2 Å². The van der Waals surface area contributed by atoms with Gasteiger partial charge in [-0.3, -0.25) is 14.4 Å². The molecular formula is C26H26N4O4. The van der Waals surface area contributed by atoms with Crippen LogP contribution in [0.3, 0.4) is 0 Å². The third-order valence-electron chi connectivity index (χ3n) is 4.81. The molecule has 0 saturated carbocycles. The lowest BCUT2D eigenvalue weighted by atomic mass is 10.1. The van der Waals surface area contributed by atoms with Crippen molar-refractivity contribution < 1.29 is 19.1 Å². The lowest BCUT2D eigenvalue weighted by Gasteiger charge is -2.08. The van der Waals surface area contributed by atoms with Crippen molar-refractivity contribution >= 4 is 29.6 Å². The Bertz CT molecular complexity index is 1180. The molecule has 0 aliphatic heterocycles. The molecule has 0 atom stereocenters. The van der Waals surface area contributed by atoms with Gasteiger partial charge in [0.2, 0.25) is 0 Å². The molecule has 0 heterocycles. The number of carbonyl (C=O) groups is 3. The van der Waals surface area contributed by atoms with Crippen LogP contribution in [0, 0.1) is 13.8 Å². The highest BCUT2D eigenvalue weighted by Gasteiger charge is 2.14. The summed E-state index contributed by atoms with van der Waals surface area (Å²) in [5.41, 5.74) is 6.29. The Labute approximate surface area is 198 Å². The first kappa shape index (κ1) is 24.2. The average Bonchev–Trinajstić information content (AvgIpc) is 2.85. The molecule has 3 rings (SSSR count). The smallest absolute Gasteiger partial charge is 0.329 e. The van der Waals surface area contributed by atoms with Crippen molar-refractivity contribution in [1.29, 1.82) is 0 Å². The first-order valence-electron chi connectivity index (χ1n) is 10.7. The van der Waals surface area contributed by atoms with E-state index in [1.165, 1.54) is 6.21 Å². The topological polar surface area (TPSA) is 109 Å². The molecule has 0 aromatic heterocycles. The summed E-state index contributed by atoms with van der Waals surface area (Å²) in [5.74, 6) is -1.39. The summed E-state index contributed by atoms with van der Waals surface area (Å²) in [6, 6.07) is 22.0. The molecule has 3 N–H and O–H groups in total. The van der Waals surface area contributed by atoms with Gasteiger partial charge < -0.3 is 15.4 Å². The van der Waals surface area contributed by atoms with E-state index in [1.54, 1.807) is 30.3 Å². The van der Waals surface area contributed by atoms with Crippen molar-refractivity contribution in [2.45, 2.75) is 20.4 Å². The van der Waals surface area contributed by atoms with E-state index in [9.17, 15) is 14.4 Å². The zero-order valence-corrected chi connectivity index (χ0v) is 19.0. The van der Waals surface area contributed by atoms with Crippen molar-refractivity contribution in [2.24, 2.45) is 5.10 Å². The monoisotopic (exact) mass is 458 g/mol. The Hall–Kier alpha value is -4.46. The van der Waals surface area contributed by atoms with E-state index in [0.717, 1.165) is 16.7 Å². The Balaban J connectivity index is 1.41. The number of nitrogens with one attached hydrogen (secondary N) is 3. The molecule has 3 aromatic carbocycles. The Morgan fingerprint density at radius 1 is 0.912 bits per heavy atom. The highest BCUT2D eigenvalue weighted by Crippen LogP contribution is 2.16. The highest BCUT2D eigenvalue weighted by molar-refractivity contribution is 6.39. The van der Waals surface area contributed by atoms with E-state index in [4.69, 9.17) is 4.74 Å². The minimum absolute atomic E-state index is 0.105. The van der Waals surface area contributed by atoms with Gasteiger partial charge in [0.15, 0.2) is 6.61 Å². The van der Waals surface area contributed by atoms with E-state index >= 15 is 0 Å². The van der Waals surface area contributed by atoms with Crippen LogP contribution in [0.1, 0.15) is 22.3 Å². The molecule has 0 fully saturated rings. The van der Waals surface area contributed by atoms with Crippen LogP contribution < -0.4 is 20.8 Å². The van der Waals surface area contributed by atoms with Crippen LogP contribution >= 0.6 is 0 Å². The summed E-state index contributed by atoms with van der Waals surface area (Å²) in [6.07, 6.45) is 1.40. The van der Waals surface area contributed by atoms with Crippen molar-refractivity contribution in [2.75, 3.05) is 11.9 Å². The lowest BCUT2D eigenvalue weighted by molar-refractivity contribution is -0.136. The number of carbonyl (C=O) groups excluding carboxylic acids is 3. The lowest BCUT2D eigenvalue weighted by Crippen LogP contribution is -2.32. The summed E-state index contributed by atoms with van der Waals surface area (Å²) in [7, 11) is 0. The van der Waals surface area contributed by atoms with Gasteiger partial charge in [-0.1, -0.05) is 42.5 Å². The van der Waals surface area contributed by atoms with Crippen LogP contribution in [-0.2, 0) is 20.9 Å². The Morgan fingerprint density at radius 2 is 1.65 bits per heavy atom. The minimum atomic E-state index is -0.876. The number of ether oxygens (including phenoxy) is 1. The third kappa shape index (κ3) is 7.59. The molecule has 0 aliphatic carbocycles. The maximum atomic E-state index is 12.1. The molecule has 8 heteroatoms. The van der Waals surface area contributed by atoms with E-state index in [0.29, 0.717) is 23.5 Å². The summed E-state index contributed by atoms with van der Waals surface area (Å²) in [4.78, 5) is 36.0. The van der Waals surface area contributed by atoms with Crippen molar-refractivity contribution in [1.82, 2.24) is 10.7 Å². The minimum Gasteiger partial charge on any atom is -0.484 e. The predicted molar refractivity (Wildman–Crippen MR) is 131 cm³/mol. The molecule has 174 valence electrons. The van der Waals surface area contributed by atoms with Gasteiger partial charge in [-0.05, 0) is 66.4 Å². The number of aryl methyl sites for hydroxylation is 2. The molecule has 0 aliphatic rings. The van der Waals surface area contributed by atoms with Gasteiger partial charge in [-0.2, -0.15) is 5.10 Å². The quantitative estimate of drug-likeness (QED) is 0.274. The van der Waals surface area contributed by atoms with E-state index in [-0.39, 0.29) is 12.5 Å². The van der Waals surface area contributed by atoms with Crippen LogP contribution in [0.15, 0.2) is 77.9 Å². The van der Waals surface area contributed by atoms with Gasteiger partial charge >= 0.3 is 11.8 Å². The molecular weight excluding hydrogens is 432 g/mol. The third-order valence-corrected chi connectivity index (χ3v) is 4.81. The highest BCUT2D eigenvalue weighted by atomic mass is 16.5. The maximum Gasteiger partial charge on any atom is 0.329 e. The first-order chi connectivity index (χ1) is 16.4. The Morgan fingerprint density at radius 3 is 2.38 bits per heavy atom. The SMILES string of the molecule is Cc1ccc(C)c(NC(=O)C(=O)N/N=C\c2ccc(OCC(=O)NCc3ccccc3)cc2)c1. The van der Waals surface area contributed by atoms with Crippen molar-refractivity contribution in [3.8, 4) is 5.75 Å². The number of hydrogen-bond acceptors (Lipinski definition) is 5. The molecule has 0 unspecified atom stereocenters. The van der Waals surface area contributed by atoms with Crippen LogP contribution in [0.25, 0.3) is 0 Å². The van der Waals surface area contributed by atoms with Crippen molar-refractivity contribution in [3.05, 3.63) is 95.1 Å². The zero-order chi connectivity index (χ0) is 24.3. The molecule has 0 bridgehead atoms. The number of anilines is 1. The zero-order valence-electron chi connectivity index (χ0n) is 19.0. The molecule has 0 spiro atoms. The predicted octanol–water partition coefficient (Wildman–Crippen LogP) is 3.09. The molecule has 3 aromatic rings. The molecule has 0 radical (unpaired) electrons. The van der Waals surface area contributed by atoms with Crippen LogP contribution in [0.2, 0.25) is 0 Å². The maximum absolute atomic E-state index is 12.1. The normalized spacial score (nSPS) is 10.5. The van der Waals surface area contributed by atoms with Crippen LogP contribution in [0.4, 0.5) is 5.69 Å². The van der Waals surface area contributed by atoms with Crippen molar-refractivity contribution in [3.63, 3.8) is 0 Å². The second-order valence-corrected chi connectivity index (χ2v) is 7.59. The van der Waals surface area contributed by atoms with Gasteiger partial charge in [0.1, 0.15) is 5.75 Å². The number of hydrogen-bond donors (Lipinski definition) is 3. The number of nitrogens with zero attached hydrogens (tertiary/aromatic N) is 1. The van der Waals surface area contributed by atoms with Gasteiger partial charge in [-0.15, -0.1) is 0 Å². The fourth-order valence-corrected chi connectivity index (χ4v) is 2.91. The number of rotatable bonds is 8. The molecule has 3 amide bonds. The number of hydrazone groups is 1. The Kier molecular flexibility index (Phi) is 8.51. The molecule has 34 heavy (non-hydrogen) atoms. The van der Waals surface area contributed by atoms with E-state index < -0.39 is 11.8 Å². The number of amides is 3. The van der Waals surface area contributed by atoms with Gasteiger partial charge in [0.25, 0.3) is 5.91 Å². The first-order valence-corrected chi connectivity index (χ1v) is 10.7.